The van der Waals surface area contributed by atoms with Crippen LogP contribution in [-0.2, 0) is 0 Å². The van der Waals surface area contributed by atoms with E-state index in [-0.39, 0.29) is 17.6 Å². The van der Waals surface area contributed by atoms with Crippen molar-refractivity contribution in [3.05, 3.63) is 41.5 Å². The third kappa shape index (κ3) is 2.62. The lowest BCUT2D eigenvalue weighted by Crippen LogP contribution is -2.12. The van der Waals surface area contributed by atoms with E-state index >= 15 is 0 Å². The highest BCUT2D eigenvalue weighted by Crippen LogP contribution is 2.22. The minimum absolute atomic E-state index is 0.183. The molecule has 2 aromatic heterocycles. The van der Waals surface area contributed by atoms with Crippen LogP contribution < -0.4 is 5.32 Å². The Kier molecular flexibility index (Phi) is 3.38. The Morgan fingerprint density at radius 1 is 1.29 bits per heavy atom. The van der Waals surface area contributed by atoms with E-state index < -0.39 is 0 Å². The zero-order valence-electron chi connectivity index (χ0n) is 11.4. The van der Waals surface area contributed by atoms with E-state index in [4.69, 9.17) is 0 Å². The Bertz CT molecular complexity index is 793. The molecule has 2 heterocycles. The number of nitrogens with zero attached hydrogens (tertiary/aromatic N) is 4. The van der Waals surface area contributed by atoms with Gasteiger partial charge in [-0.25, -0.2) is 4.39 Å². The monoisotopic (exact) mass is 305 g/mol. The molecule has 21 heavy (non-hydrogen) atoms. The molecule has 6 nitrogen and oxygen atoms in total. The molecule has 0 atom stereocenters. The van der Waals surface area contributed by atoms with Crippen LogP contribution in [0.5, 0.6) is 0 Å². The second-order valence-electron chi connectivity index (χ2n) is 4.78. The molecule has 108 valence electrons. The maximum Gasteiger partial charge on any atom is 0.257 e. The number of fused-ring (bicyclic) bond motifs is 1. The number of hydrogen-bond acceptors (Lipinski definition) is 5. The fraction of sp³-hybridized carbons (Fsp3) is 0.231. The van der Waals surface area contributed by atoms with E-state index in [0.29, 0.717) is 15.7 Å². The van der Waals surface area contributed by atoms with Crippen molar-refractivity contribution in [1.29, 1.82) is 0 Å². The van der Waals surface area contributed by atoms with Crippen LogP contribution in [0, 0.1) is 5.82 Å². The molecule has 1 N–H and O–H groups in total. The maximum absolute atomic E-state index is 12.8. The predicted octanol–water partition coefficient (Wildman–Crippen LogP) is 2.70. The highest BCUT2D eigenvalue weighted by molar-refractivity contribution is 7.20. The Morgan fingerprint density at radius 3 is 2.67 bits per heavy atom. The summed E-state index contributed by atoms with van der Waals surface area (Å²) in [7, 11) is 0. The number of anilines is 1. The van der Waals surface area contributed by atoms with Crippen molar-refractivity contribution in [2.24, 2.45) is 0 Å². The van der Waals surface area contributed by atoms with Crippen LogP contribution in [0.15, 0.2) is 24.3 Å². The third-order valence-electron chi connectivity index (χ3n) is 2.86. The summed E-state index contributed by atoms with van der Waals surface area (Å²) >= 11 is 1.23. The zero-order chi connectivity index (χ0) is 15.0. The fourth-order valence-electron chi connectivity index (χ4n) is 1.81. The molecule has 3 aromatic rings. The van der Waals surface area contributed by atoms with Crippen molar-refractivity contribution in [1.82, 2.24) is 19.8 Å². The van der Waals surface area contributed by atoms with Gasteiger partial charge in [0.05, 0.1) is 0 Å². The summed E-state index contributed by atoms with van der Waals surface area (Å²) in [6.07, 6.45) is 0. The molecule has 0 radical (unpaired) electrons. The van der Waals surface area contributed by atoms with Crippen LogP contribution in [0.25, 0.3) is 4.96 Å². The average Bonchev–Trinajstić information content (AvgIpc) is 2.98. The predicted molar refractivity (Wildman–Crippen MR) is 77.1 cm³/mol. The number of carbonyl (C=O) groups is 1. The maximum atomic E-state index is 12.8. The number of halogens is 1. The summed E-state index contributed by atoms with van der Waals surface area (Å²) in [5, 5.41) is 15.5. The summed E-state index contributed by atoms with van der Waals surface area (Å²) in [5.41, 5.74) is 0.367. The molecule has 1 amide bonds. The van der Waals surface area contributed by atoms with Gasteiger partial charge in [0.1, 0.15) is 5.82 Å². The number of aromatic nitrogens is 4. The van der Waals surface area contributed by atoms with E-state index in [1.165, 1.54) is 35.6 Å². The molecule has 0 saturated heterocycles. The first-order chi connectivity index (χ1) is 10.0. The lowest BCUT2D eigenvalue weighted by molar-refractivity contribution is 0.102. The van der Waals surface area contributed by atoms with E-state index in [2.05, 4.69) is 20.6 Å². The van der Waals surface area contributed by atoms with Crippen LogP contribution in [0.1, 0.15) is 35.9 Å². The minimum atomic E-state index is -0.382. The standard InChI is InChI=1S/C13H12FN5OS/c1-7(2)10-16-17-13-19(10)18-12(21-13)15-11(20)8-3-5-9(14)6-4-8/h3-7H,1-2H3,(H,15,18,20). The lowest BCUT2D eigenvalue weighted by atomic mass is 10.2. The number of rotatable bonds is 3. The molecule has 3 rings (SSSR count). The summed E-state index contributed by atoms with van der Waals surface area (Å²) < 4.78 is 14.5. The zero-order valence-corrected chi connectivity index (χ0v) is 12.2. The number of carbonyl (C=O) groups excluding carboxylic acids is 1. The van der Waals surface area contributed by atoms with Gasteiger partial charge in [-0.2, -0.15) is 4.52 Å². The van der Waals surface area contributed by atoms with Gasteiger partial charge in [-0.1, -0.05) is 25.2 Å². The first-order valence-corrected chi connectivity index (χ1v) is 7.15. The molecule has 0 saturated carbocycles. The van der Waals surface area contributed by atoms with E-state index in [1.807, 2.05) is 13.8 Å². The molecule has 0 unspecified atom stereocenters. The fourth-order valence-corrected chi connectivity index (χ4v) is 2.55. The van der Waals surface area contributed by atoms with Crippen molar-refractivity contribution >= 4 is 27.3 Å². The Labute approximate surface area is 123 Å². The van der Waals surface area contributed by atoms with E-state index in [1.54, 1.807) is 4.52 Å². The second-order valence-corrected chi connectivity index (χ2v) is 5.73. The molecule has 1 aromatic carbocycles. The number of amides is 1. The van der Waals surface area contributed by atoms with Crippen LogP contribution in [0.4, 0.5) is 9.52 Å². The SMILES string of the molecule is CC(C)c1nnc2sc(NC(=O)c3ccc(F)cc3)nn12. The Hall–Kier alpha value is -2.35. The van der Waals surface area contributed by atoms with E-state index in [0.717, 1.165) is 5.82 Å². The van der Waals surface area contributed by atoms with Crippen LogP contribution >= 0.6 is 11.3 Å². The minimum Gasteiger partial charge on any atom is -0.296 e. The third-order valence-corrected chi connectivity index (χ3v) is 3.67. The van der Waals surface area contributed by atoms with Crippen molar-refractivity contribution in [3.8, 4) is 0 Å². The van der Waals surface area contributed by atoms with Crippen molar-refractivity contribution in [2.45, 2.75) is 19.8 Å². The molecule has 0 fully saturated rings. The van der Waals surface area contributed by atoms with Gasteiger partial charge in [0.15, 0.2) is 5.82 Å². The van der Waals surface area contributed by atoms with Gasteiger partial charge < -0.3 is 0 Å². The topological polar surface area (TPSA) is 72.2 Å². The van der Waals surface area contributed by atoms with Gasteiger partial charge >= 0.3 is 0 Å². The summed E-state index contributed by atoms with van der Waals surface area (Å²) in [5.74, 6) is 0.198. The van der Waals surface area contributed by atoms with Crippen molar-refractivity contribution < 1.29 is 9.18 Å². The van der Waals surface area contributed by atoms with Crippen LogP contribution in [0.3, 0.4) is 0 Å². The molecule has 0 bridgehead atoms. The average molecular weight is 305 g/mol. The Balaban J connectivity index is 1.84. The first kappa shape index (κ1) is 13.6. The van der Waals surface area contributed by atoms with Gasteiger partial charge in [0.25, 0.3) is 5.91 Å². The Morgan fingerprint density at radius 2 is 2.00 bits per heavy atom. The van der Waals surface area contributed by atoms with Gasteiger partial charge in [0.2, 0.25) is 10.1 Å². The van der Waals surface area contributed by atoms with Crippen LogP contribution in [0.2, 0.25) is 0 Å². The smallest absolute Gasteiger partial charge is 0.257 e. The molecular formula is C13H12FN5OS. The van der Waals surface area contributed by atoms with Crippen molar-refractivity contribution in [2.75, 3.05) is 5.32 Å². The van der Waals surface area contributed by atoms with Crippen LogP contribution in [-0.4, -0.2) is 25.7 Å². The molecule has 8 heteroatoms. The largest absolute Gasteiger partial charge is 0.296 e. The highest BCUT2D eigenvalue weighted by Gasteiger charge is 2.16. The normalized spacial score (nSPS) is 11.2. The lowest BCUT2D eigenvalue weighted by Gasteiger charge is -2.01. The molecule has 0 aliphatic carbocycles. The summed E-state index contributed by atoms with van der Waals surface area (Å²) in [6, 6.07) is 5.32. The quantitative estimate of drug-likeness (QED) is 0.807. The van der Waals surface area contributed by atoms with Crippen molar-refractivity contribution in [3.63, 3.8) is 0 Å². The molecular weight excluding hydrogens is 293 g/mol. The van der Waals surface area contributed by atoms with Gasteiger partial charge in [-0.05, 0) is 24.3 Å². The molecule has 0 aliphatic heterocycles. The number of hydrogen-bond donors (Lipinski definition) is 1. The second kappa shape index (κ2) is 5.21. The highest BCUT2D eigenvalue weighted by atomic mass is 32.1. The number of nitrogens with one attached hydrogen (secondary N) is 1. The first-order valence-electron chi connectivity index (χ1n) is 6.33. The number of benzene rings is 1. The van der Waals surface area contributed by atoms with Gasteiger partial charge in [-0.3, -0.25) is 10.1 Å². The van der Waals surface area contributed by atoms with Gasteiger partial charge in [-0.15, -0.1) is 15.3 Å². The van der Waals surface area contributed by atoms with Gasteiger partial charge in [0, 0.05) is 11.5 Å². The molecule has 0 spiro atoms. The van der Waals surface area contributed by atoms with E-state index in [9.17, 15) is 9.18 Å². The summed E-state index contributed by atoms with van der Waals surface area (Å²) in [6.45, 7) is 3.99. The molecule has 0 aliphatic rings. The summed E-state index contributed by atoms with van der Waals surface area (Å²) in [4.78, 5) is 12.6.